The van der Waals surface area contributed by atoms with Crippen LogP contribution in [0.25, 0.3) is 0 Å². The van der Waals surface area contributed by atoms with E-state index in [1.54, 1.807) is 0 Å². The Kier molecular flexibility index (Phi) is 3.95. The van der Waals surface area contributed by atoms with Gasteiger partial charge in [0.05, 0.1) is 17.1 Å². The molecule has 1 unspecified atom stereocenters. The van der Waals surface area contributed by atoms with Gasteiger partial charge >= 0.3 is 0 Å². The highest BCUT2D eigenvalue weighted by molar-refractivity contribution is 9.10. The average Bonchev–Trinajstić information content (AvgIpc) is 3.03. The third-order valence-corrected chi connectivity index (χ3v) is 4.31. The highest BCUT2D eigenvalue weighted by Crippen LogP contribution is 2.42. The lowest BCUT2D eigenvalue weighted by molar-refractivity contribution is 0.173. The smallest absolute Gasteiger partial charge is 0.231 e. The molecule has 0 amide bonds. The summed E-state index contributed by atoms with van der Waals surface area (Å²) in [6, 6.07) is 4.24. The molecular formula is C14H19BrN4O2. The van der Waals surface area contributed by atoms with E-state index in [-0.39, 0.29) is 12.8 Å². The second kappa shape index (κ2) is 5.73. The number of hydrogen-bond acceptors (Lipinski definition) is 6. The largest absolute Gasteiger partial charge is 0.454 e. The number of aliphatic imine (C=N–C) groups is 1. The van der Waals surface area contributed by atoms with Crippen molar-refractivity contribution in [2.45, 2.75) is 6.04 Å². The highest BCUT2D eigenvalue weighted by Gasteiger charge is 2.29. The first-order valence-electron chi connectivity index (χ1n) is 6.86. The first kappa shape index (κ1) is 14.5. The minimum absolute atomic E-state index is 0.149. The molecule has 6 nitrogen and oxygen atoms in total. The fourth-order valence-corrected chi connectivity index (χ4v) is 3.15. The molecule has 3 rings (SSSR count). The number of guanidine groups is 1. The SMILES string of the molecule is CN(C)CCN1C(N)=NCC1c1cc(Br)c2c(c1)OCO2. The Hall–Kier alpha value is -1.47. The summed E-state index contributed by atoms with van der Waals surface area (Å²) >= 11 is 3.54. The van der Waals surface area contributed by atoms with Gasteiger partial charge in [-0.05, 0) is 47.7 Å². The van der Waals surface area contributed by atoms with Crippen molar-refractivity contribution < 1.29 is 9.47 Å². The quantitative estimate of drug-likeness (QED) is 0.885. The molecule has 0 aliphatic carbocycles. The predicted molar refractivity (Wildman–Crippen MR) is 84.8 cm³/mol. The van der Waals surface area contributed by atoms with Crippen LogP contribution in [-0.4, -0.2) is 56.3 Å². The Morgan fingerprint density at radius 2 is 2.24 bits per heavy atom. The van der Waals surface area contributed by atoms with E-state index in [1.807, 2.05) is 6.07 Å². The van der Waals surface area contributed by atoms with Crippen molar-refractivity contribution >= 4 is 21.9 Å². The van der Waals surface area contributed by atoms with Crippen molar-refractivity contribution in [1.29, 1.82) is 0 Å². The van der Waals surface area contributed by atoms with Gasteiger partial charge in [-0.3, -0.25) is 4.99 Å². The molecule has 1 aromatic rings. The number of benzene rings is 1. The maximum absolute atomic E-state index is 6.03. The van der Waals surface area contributed by atoms with Gasteiger partial charge in [-0.25, -0.2) is 0 Å². The Labute approximate surface area is 132 Å². The van der Waals surface area contributed by atoms with Crippen molar-refractivity contribution in [1.82, 2.24) is 9.80 Å². The number of hydrogen-bond donors (Lipinski definition) is 1. The van der Waals surface area contributed by atoms with Crippen LogP contribution in [0.3, 0.4) is 0 Å². The predicted octanol–water partition coefficient (Wildman–Crippen LogP) is 1.41. The van der Waals surface area contributed by atoms with Gasteiger partial charge in [-0.15, -0.1) is 0 Å². The Morgan fingerprint density at radius 3 is 3.00 bits per heavy atom. The molecule has 1 atom stereocenters. The molecule has 114 valence electrons. The van der Waals surface area contributed by atoms with Crippen molar-refractivity contribution in [2.24, 2.45) is 10.7 Å². The normalized spacial score (nSPS) is 20.3. The van der Waals surface area contributed by atoms with Gasteiger partial charge < -0.3 is 25.0 Å². The van der Waals surface area contributed by atoms with E-state index >= 15 is 0 Å². The summed E-state index contributed by atoms with van der Waals surface area (Å²) in [4.78, 5) is 8.67. The zero-order valence-corrected chi connectivity index (χ0v) is 13.8. The van der Waals surface area contributed by atoms with Gasteiger partial charge in [0.1, 0.15) is 0 Å². The molecule has 2 aliphatic heterocycles. The molecule has 7 heteroatoms. The first-order valence-corrected chi connectivity index (χ1v) is 7.66. The zero-order chi connectivity index (χ0) is 15.0. The lowest BCUT2D eigenvalue weighted by atomic mass is 10.1. The molecule has 0 fully saturated rings. The molecule has 0 radical (unpaired) electrons. The highest BCUT2D eigenvalue weighted by atomic mass is 79.9. The number of ether oxygens (including phenoxy) is 2. The molecular weight excluding hydrogens is 336 g/mol. The summed E-state index contributed by atoms with van der Waals surface area (Å²) in [5.74, 6) is 2.15. The van der Waals surface area contributed by atoms with Gasteiger partial charge in [0.15, 0.2) is 17.5 Å². The molecule has 2 aliphatic rings. The van der Waals surface area contributed by atoms with Crippen LogP contribution in [-0.2, 0) is 0 Å². The van der Waals surface area contributed by atoms with E-state index in [0.717, 1.165) is 34.6 Å². The number of likely N-dealkylation sites (N-methyl/N-ethyl adjacent to an activating group) is 1. The summed E-state index contributed by atoms with van der Waals surface area (Å²) in [6.45, 7) is 2.72. The number of rotatable bonds is 4. The van der Waals surface area contributed by atoms with Crippen LogP contribution in [0.15, 0.2) is 21.6 Å². The molecule has 2 heterocycles. The Balaban J connectivity index is 1.84. The summed E-state index contributed by atoms with van der Waals surface area (Å²) in [7, 11) is 4.10. The first-order chi connectivity index (χ1) is 10.1. The summed E-state index contributed by atoms with van der Waals surface area (Å²) in [5, 5.41) is 0. The summed E-state index contributed by atoms with van der Waals surface area (Å²) in [6.07, 6.45) is 0. The monoisotopic (exact) mass is 354 g/mol. The summed E-state index contributed by atoms with van der Waals surface area (Å²) < 4.78 is 11.8. The molecule has 0 spiro atoms. The molecule has 0 saturated carbocycles. The van der Waals surface area contributed by atoms with Crippen LogP contribution in [0.4, 0.5) is 0 Å². The standard InChI is InChI=1S/C14H19BrN4O2/c1-18(2)3-4-19-11(7-17-14(19)16)9-5-10(15)13-12(6-9)20-8-21-13/h5-6,11H,3-4,7-8H2,1-2H3,(H2,16,17). The second-order valence-corrected chi connectivity index (χ2v) is 6.30. The number of halogens is 1. The molecule has 1 aromatic carbocycles. The van der Waals surface area contributed by atoms with Crippen LogP contribution in [0.2, 0.25) is 0 Å². The fraction of sp³-hybridized carbons (Fsp3) is 0.500. The lowest BCUT2D eigenvalue weighted by Crippen LogP contribution is -2.40. The van der Waals surface area contributed by atoms with Crippen LogP contribution >= 0.6 is 15.9 Å². The van der Waals surface area contributed by atoms with Gasteiger partial charge in [0, 0.05) is 13.1 Å². The third kappa shape index (κ3) is 2.80. The van der Waals surface area contributed by atoms with E-state index in [0.29, 0.717) is 12.5 Å². The van der Waals surface area contributed by atoms with E-state index in [2.05, 4.69) is 50.9 Å². The van der Waals surface area contributed by atoms with Gasteiger partial charge in [-0.1, -0.05) is 0 Å². The summed E-state index contributed by atoms with van der Waals surface area (Å²) in [5.41, 5.74) is 7.17. The van der Waals surface area contributed by atoms with Crippen LogP contribution < -0.4 is 15.2 Å². The van der Waals surface area contributed by atoms with Crippen LogP contribution in [0.1, 0.15) is 11.6 Å². The van der Waals surface area contributed by atoms with Crippen molar-refractivity contribution in [3.63, 3.8) is 0 Å². The van der Waals surface area contributed by atoms with Gasteiger partial charge in [-0.2, -0.15) is 0 Å². The van der Waals surface area contributed by atoms with E-state index in [1.165, 1.54) is 0 Å². The Bertz CT molecular complexity index is 576. The zero-order valence-electron chi connectivity index (χ0n) is 12.2. The van der Waals surface area contributed by atoms with Crippen LogP contribution in [0, 0.1) is 0 Å². The van der Waals surface area contributed by atoms with Gasteiger partial charge in [0.2, 0.25) is 6.79 Å². The second-order valence-electron chi connectivity index (χ2n) is 5.45. The molecule has 0 aromatic heterocycles. The number of nitrogens with two attached hydrogens (primary N) is 1. The number of fused-ring (bicyclic) bond motifs is 1. The molecule has 0 bridgehead atoms. The van der Waals surface area contributed by atoms with Crippen LogP contribution in [0.5, 0.6) is 11.5 Å². The van der Waals surface area contributed by atoms with E-state index in [4.69, 9.17) is 15.2 Å². The topological polar surface area (TPSA) is 63.3 Å². The maximum atomic E-state index is 6.03. The van der Waals surface area contributed by atoms with Crippen molar-refractivity contribution in [3.05, 3.63) is 22.2 Å². The third-order valence-electron chi connectivity index (χ3n) is 3.72. The minimum Gasteiger partial charge on any atom is -0.454 e. The van der Waals surface area contributed by atoms with Crippen molar-refractivity contribution in [2.75, 3.05) is 40.5 Å². The molecule has 21 heavy (non-hydrogen) atoms. The maximum Gasteiger partial charge on any atom is 0.231 e. The average molecular weight is 355 g/mol. The lowest BCUT2D eigenvalue weighted by Gasteiger charge is -2.28. The van der Waals surface area contributed by atoms with Crippen molar-refractivity contribution in [3.8, 4) is 11.5 Å². The van der Waals surface area contributed by atoms with Gasteiger partial charge in [0.25, 0.3) is 0 Å². The fourth-order valence-electron chi connectivity index (χ4n) is 2.57. The molecule has 2 N–H and O–H groups in total. The molecule has 0 saturated heterocycles. The number of nitrogens with zero attached hydrogens (tertiary/aromatic N) is 3. The van der Waals surface area contributed by atoms with E-state index < -0.39 is 0 Å². The minimum atomic E-state index is 0.149. The van der Waals surface area contributed by atoms with E-state index in [9.17, 15) is 0 Å². The Morgan fingerprint density at radius 1 is 1.43 bits per heavy atom.